The van der Waals surface area contributed by atoms with Crippen LogP contribution in [0.1, 0.15) is 205 Å². The first-order chi connectivity index (χ1) is 50.0. The molecule has 0 saturated heterocycles. The van der Waals surface area contributed by atoms with E-state index in [1.165, 1.54) is 103 Å². The second-order valence-electron chi connectivity index (χ2n) is 26.1. The van der Waals surface area contributed by atoms with Crippen molar-refractivity contribution < 1.29 is 67.8 Å². The van der Waals surface area contributed by atoms with Crippen LogP contribution in [-0.2, 0) is 9.47 Å². The van der Waals surface area contributed by atoms with Gasteiger partial charge < -0.3 is 67.8 Å². The molecule has 0 radical (unpaired) electrons. The summed E-state index contributed by atoms with van der Waals surface area (Å²) in [6, 6.07) is 45.8. The van der Waals surface area contributed by atoms with Gasteiger partial charge in [0, 0.05) is 34.4 Å². The average molecular weight is 1410 g/mol. The lowest BCUT2D eigenvalue weighted by atomic mass is 10.0. The molecule has 560 valence electrons. The van der Waals surface area contributed by atoms with Crippen LogP contribution in [-0.4, -0.2) is 123 Å². The quantitative estimate of drug-likeness (QED) is 0.0266. The summed E-state index contributed by atoms with van der Waals surface area (Å²) in [5.41, 5.74) is 3.88. The van der Waals surface area contributed by atoms with E-state index in [-0.39, 0.29) is 66.1 Å². The topological polar surface area (TPSA) is 173 Å². The summed E-state index contributed by atoms with van der Waals surface area (Å²) < 4.78 is 60.7. The minimum absolute atomic E-state index is 0.0668. The van der Waals surface area contributed by atoms with Crippen molar-refractivity contribution in [3.8, 4) is 46.0 Å². The van der Waals surface area contributed by atoms with Gasteiger partial charge in [-0.3, -0.25) is 0 Å². The maximum absolute atomic E-state index is 10.9. The Morgan fingerprint density at radius 3 is 0.804 bits per heavy atom. The highest BCUT2D eigenvalue weighted by molar-refractivity contribution is 5.59. The zero-order valence-corrected chi connectivity index (χ0v) is 62.4. The molecule has 0 aliphatic carbocycles. The molecule has 6 aromatic carbocycles. The maximum atomic E-state index is 10.9. The van der Waals surface area contributed by atoms with Gasteiger partial charge in [-0.15, -0.1) is 0 Å². The van der Waals surface area contributed by atoms with Gasteiger partial charge in [-0.1, -0.05) is 276 Å². The van der Waals surface area contributed by atoms with Crippen LogP contribution in [0.15, 0.2) is 170 Å². The summed E-state index contributed by atoms with van der Waals surface area (Å²) in [5.74, 6) is 5.30. The van der Waals surface area contributed by atoms with Gasteiger partial charge >= 0.3 is 0 Å². The van der Waals surface area contributed by atoms with E-state index < -0.39 is 36.6 Å². The fraction of sp³-hybridized carbons (Fsp3) is 0.500. The summed E-state index contributed by atoms with van der Waals surface area (Å²) in [6.45, 7) is 14.1. The van der Waals surface area contributed by atoms with Crippen molar-refractivity contribution in [2.75, 3.05) is 66.1 Å². The van der Waals surface area contributed by atoms with Crippen molar-refractivity contribution in [2.45, 2.75) is 219 Å². The number of aliphatic hydroxyl groups is 4. The second kappa shape index (κ2) is 55.0. The molecule has 6 aromatic rings. The number of unbranched alkanes of at least 4 members (excludes halogenated alkanes) is 18. The summed E-state index contributed by atoms with van der Waals surface area (Å²) in [6.07, 6.45) is 38.9. The lowest BCUT2D eigenvalue weighted by Gasteiger charge is -2.22. The highest BCUT2D eigenvalue weighted by Gasteiger charge is 2.20. The van der Waals surface area contributed by atoms with Crippen LogP contribution in [0, 0.1) is 0 Å². The first kappa shape index (κ1) is 85.1. The Balaban J connectivity index is 0.000000435. The number of para-hydroxylation sites is 4. The van der Waals surface area contributed by atoms with Crippen LogP contribution < -0.4 is 37.9 Å². The molecule has 0 bridgehead atoms. The van der Waals surface area contributed by atoms with Crippen LogP contribution >= 0.6 is 0 Å². The Morgan fingerprint density at radius 2 is 0.510 bits per heavy atom. The molecule has 6 rings (SSSR count). The lowest BCUT2D eigenvalue weighted by molar-refractivity contribution is -0.0475. The van der Waals surface area contributed by atoms with Crippen LogP contribution in [0.25, 0.3) is 24.3 Å². The molecule has 14 nitrogen and oxygen atoms in total. The van der Waals surface area contributed by atoms with Gasteiger partial charge in [0.05, 0.1) is 25.4 Å². The molecule has 0 aliphatic rings. The van der Waals surface area contributed by atoms with Crippen LogP contribution in [0.5, 0.6) is 46.0 Å². The number of allylic oxidation sites excluding steroid dienone is 4. The fourth-order valence-electron chi connectivity index (χ4n) is 11.3. The third kappa shape index (κ3) is 38.1. The normalized spacial score (nSPS) is 13.4. The van der Waals surface area contributed by atoms with Crippen molar-refractivity contribution in [3.05, 3.63) is 192 Å². The first-order valence-electron chi connectivity index (χ1n) is 38.1. The summed E-state index contributed by atoms with van der Waals surface area (Å²) in [4.78, 5) is 0. The molecule has 0 spiro atoms. The molecule has 0 aromatic heterocycles. The smallest absolute Gasteiger partial charge is 0.126 e. The average Bonchev–Trinajstić information content (AvgIpc) is 0.914. The Labute approximate surface area is 612 Å². The molecule has 0 amide bonds. The Kier molecular flexibility index (Phi) is 45.9. The van der Waals surface area contributed by atoms with Crippen molar-refractivity contribution in [1.29, 1.82) is 0 Å². The van der Waals surface area contributed by atoms with Crippen LogP contribution in [0.4, 0.5) is 0 Å². The molecule has 6 atom stereocenters. The monoisotopic (exact) mass is 1400 g/mol. The van der Waals surface area contributed by atoms with Gasteiger partial charge in [0.2, 0.25) is 0 Å². The van der Waals surface area contributed by atoms with Crippen LogP contribution in [0.2, 0.25) is 0 Å². The third-order valence-corrected chi connectivity index (χ3v) is 17.0. The number of hydrogen-bond acceptors (Lipinski definition) is 14. The highest BCUT2D eigenvalue weighted by Crippen LogP contribution is 2.27. The Bertz CT molecular complexity index is 2990. The summed E-state index contributed by atoms with van der Waals surface area (Å²) in [7, 11) is 0. The molecule has 102 heavy (non-hydrogen) atoms. The standard InChI is InChI=1S/C58H90O8.C30H34O6/c1-5-9-11-13-15-17-19-21-23-25-36-51(59)43-61-55(47-65-57-40-29-27-34-49(57)32-7-3)45-63-53-38-31-39-54(42-53)64-46-56(48-66-58-41-30-28-35-50(58)33-8-4)62-44-52(60)37-26-24-22-20-18-16-14-12-10-6-2;1-3-10-23-12-5-7-16-29(23)35-21-25(31)19-33-27-14-9-15-28(18-27)34-20-26(32)22-36-30-17-8-6-13-24(30)11-4-2/h7-8,27-35,38-42,51-52,55-56,59-60H,5-6,9-26,36-37,43-48H2,1-4H3;3-18,25-26,31-32H,19-22H2,1-2H3/b32-7+,33-8+;10-3+,11-4+. The lowest BCUT2D eigenvalue weighted by Crippen LogP contribution is -2.32. The summed E-state index contributed by atoms with van der Waals surface area (Å²) >= 11 is 0. The highest BCUT2D eigenvalue weighted by atomic mass is 16.6. The number of ether oxygens (including phenoxy) is 10. The zero-order valence-electron chi connectivity index (χ0n) is 62.4. The van der Waals surface area contributed by atoms with E-state index in [2.05, 4.69) is 13.8 Å². The number of benzene rings is 6. The molecular weight excluding hydrogens is 1280 g/mol. The first-order valence-corrected chi connectivity index (χ1v) is 38.1. The minimum atomic E-state index is -0.808. The van der Waals surface area contributed by atoms with Crippen molar-refractivity contribution >= 4 is 24.3 Å². The van der Waals surface area contributed by atoms with Crippen LogP contribution in [0.3, 0.4) is 0 Å². The molecule has 0 aliphatic heterocycles. The number of hydrogen-bond donors (Lipinski definition) is 4. The fourth-order valence-corrected chi connectivity index (χ4v) is 11.3. The minimum Gasteiger partial charge on any atom is -0.491 e. The third-order valence-electron chi connectivity index (χ3n) is 17.0. The van der Waals surface area contributed by atoms with Gasteiger partial charge in [0.15, 0.2) is 0 Å². The SMILES string of the molecule is C/C=C/c1ccccc1OCC(COc1cccc(OCC(COc2ccccc2/C=C/C)OCC(O)CCCCCCCCCCCC)c1)OCC(O)CCCCCCCCCCCC.C/C=C/c1ccccc1OCC(O)COc1cccc(OCC(O)COc2ccccc2/C=C/C)c1. The van der Waals surface area contributed by atoms with Gasteiger partial charge in [0.1, 0.15) is 123 Å². The molecular formula is C88H124O14. The summed E-state index contributed by atoms with van der Waals surface area (Å²) in [5, 5.41) is 42.4. The van der Waals surface area contributed by atoms with E-state index >= 15 is 0 Å². The predicted octanol–water partition coefficient (Wildman–Crippen LogP) is 20.2. The van der Waals surface area contributed by atoms with E-state index in [9.17, 15) is 20.4 Å². The Morgan fingerprint density at radius 1 is 0.265 bits per heavy atom. The van der Waals surface area contributed by atoms with Gasteiger partial charge in [-0.05, 0) is 89.1 Å². The largest absolute Gasteiger partial charge is 0.491 e. The van der Waals surface area contributed by atoms with Gasteiger partial charge in [-0.25, -0.2) is 0 Å². The van der Waals surface area contributed by atoms with E-state index in [1.54, 1.807) is 24.3 Å². The molecule has 4 N–H and O–H groups in total. The maximum Gasteiger partial charge on any atom is 0.126 e. The molecule has 0 saturated carbocycles. The molecule has 0 heterocycles. The number of aliphatic hydroxyl groups excluding tert-OH is 4. The molecule has 6 unspecified atom stereocenters. The zero-order chi connectivity index (χ0) is 72.7. The van der Waals surface area contributed by atoms with E-state index in [4.69, 9.17) is 47.4 Å². The van der Waals surface area contributed by atoms with E-state index in [1.807, 2.05) is 198 Å². The predicted molar refractivity (Wildman–Crippen MR) is 418 cm³/mol. The molecule has 14 heteroatoms. The van der Waals surface area contributed by atoms with Gasteiger partial charge in [-0.2, -0.15) is 0 Å². The molecule has 0 fully saturated rings. The van der Waals surface area contributed by atoms with E-state index in [0.717, 1.165) is 59.4 Å². The van der Waals surface area contributed by atoms with E-state index in [0.29, 0.717) is 47.3 Å². The van der Waals surface area contributed by atoms with Gasteiger partial charge in [0.25, 0.3) is 0 Å². The van der Waals surface area contributed by atoms with Crippen molar-refractivity contribution in [3.63, 3.8) is 0 Å². The van der Waals surface area contributed by atoms with Crippen molar-refractivity contribution in [1.82, 2.24) is 0 Å². The number of rotatable bonds is 56. The second-order valence-corrected chi connectivity index (χ2v) is 26.1. The Hall–Kier alpha value is -7.56. The van der Waals surface area contributed by atoms with Crippen molar-refractivity contribution in [2.24, 2.45) is 0 Å².